The van der Waals surface area contributed by atoms with Gasteiger partial charge in [-0.05, 0) is 37.5 Å². The van der Waals surface area contributed by atoms with E-state index in [1.807, 2.05) is 17.9 Å². The van der Waals surface area contributed by atoms with Crippen LogP contribution in [0.3, 0.4) is 0 Å². The van der Waals surface area contributed by atoms with E-state index >= 15 is 0 Å². The number of morpholine rings is 1. The highest BCUT2D eigenvalue weighted by Crippen LogP contribution is 2.24. The Morgan fingerprint density at radius 1 is 1.28 bits per heavy atom. The van der Waals surface area contributed by atoms with Gasteiger partial charge in [0.1, 0.15) is 0 Å². The molecule has 0 radical (unpaired) electrons. The number of likely N-dealkylation sites (tertiary alicyclic amines) is 1. The molecule has 7 heteroatoms. The molecular formula is C18H24ClN3O3. The first-order valence-corrected chi connectivity index (χ1v) is 9.12. The molecular weight excluding hydrogens is 342 g/mol. The fourth-order valence-corrected chi connectivity index (χ4v) is 3.50. The van der Waals surface area contributed by atoms with Gasteiger partial charge in [0, 0.05) is 36.8 Å². The third-order valence-electron chi connectivity index (χ3n) is 4.81. The number of amides is 3. The second kappa shape index (κ2) is 8.06. The summed E-state index contributed by atoms with van der Waals surface area (Å²) in [4.78, 5) is 28.8. The first-order chi connectivity index (χ1) is 12.1. The molecule has 2 fully saturated rings. The summed E-state index contributed by atoms with van der Waals surface area (Å²) in [6, 6.07) is 5.21. The lowest BCUT2D eigenvalue weighted by Gasteiger charge is -2.37. The van der Waals surface area contributed by atoms with E-state index in [9.17, 15) is 9.59 Å². The Kier molecular flexibility index (Phi) is 5.81. The third kappa shape index (κ3) is 4.25. The van der Waals surface area contributed by atoms with Crippen molar-refractivity contribution in [2.24, 2.45) is 0 Å². The highest BCUT2D eigenvalue weighted by atomic mass is 35.5. The van der Waals surface area contributed by atoms with Crippen LogP contribution in [0.5, 0.6) is 0 Å². The van der Waals surface area contributed by atoms with E-state index in [4.69, 9.17) is 16.3 Å². The van der Waals surface area contributed by atoms with Crippen LogP contribution < -0.4 is 5.32 Å². The first-order valence-electron chi connectivity index (χ1n) is 8.74. The molecule has 0 aromatic heterocycles. The van der Waals surface area contributed by atoms with Gasteiger partial charge in [0.05, 0.1) is 19.3 Å². The summed E-state index contributed by atoms with van der Waals surface area (Å²) in [5, 5.41) is 3.51. The van der Waals surface area contributed by atoms with Crippen LogP contribution in [0, 0.1) is 6.92 Å². The number of rotatable bonds is 3. The molecule has 3 amide bonds. The Morgan fingerprint density at radius 3 is 2.80 bits per heavy atom. The van der Waals surface area contributed by atoms with E-state index in [0.29, 0.717) is 30.5 Å². The first kappa shape index (κ1) is 18.0. The van der Waals surface area contributed by atoms with Crippen molar-refractivity contribution in [3.63, 3.8) is 0 Å². The molecule has 136 valence electrons. The number of nitrogens with zero attached hydrogens (tertiary/aromatic N) is 2. The summed E-state index contributed by atoms with van der Waals surface area (Å²) in [5.41, 5.74) is 1.54. The van der Waals surface area contributed by atoms with Gasteiger partial charge < -0.3 is 19.9 Å². The zero-order valence-electron chi connectivity index (χ0n) is 14.5. The topological polar surface area (TPSA) is 61.9 Å². The standard InChI is InChI=1S/C18H24ClN3O3/c1-13-15(19)5-4-6-16(13)20-17(23)11-14-12-25-10-9-22(14)18(24)21-7-2-3-8-21/h4-6,14H,2-3,7-12H2,1H3,(H,20,23)/t14-/m0/s1. The van der Waals surface area contributed by atoms with Gasteiger partial charge in [-0.2, -0.15) is 0 Å². The molecule has 2 aliphatic heterocycles. The number of carbonyl (C=O) groups is 2. The number of anilines is 1. The van der Waals surface area contributed by atoms with Crippen LogP contribution in [0.4, 0.5) is 10.5 Å². The predicted molar refractivity (Wildman–Crippen MR) is 97.0 cm³/mol. The molecule has 1 aromatic rings. The zero-order chi connectivity index (χ0) is 17.8. The van der Waals surface area contributed by atoms with Crippen LogP contribution in [0.15, 0.2) is 18.2 Å². The van der Waals surface area contributed by atoms with E-state index in [-0.39, 0.29) is 24.4 Å². The molecule has 0 unspecified atom stereocenters. The maximum absolute atomic E-state index is 12.7. The monoisotopic (exact) mass is 365 g/mol. The minimum absolute atomic E-state index is 0.0255. The van der Waals surface area contributed by atoms with E-state index in [1.54, 1.807) is 17.0 Å². The summed E-state index contributed by atoms with van der Waals surface area (Å²) in [5.74, 6) is -0.139. The van der Waals surface area contributed by atoms with Crippen molar-refractivity contribution >= 4 is 29.2 Å². The van der Waals surface area contributed by atoms with Crippen molar-refractivity contribution < 1.29 is 14.3 Å². The number of ether oxygens (including phenoxy) is 1. The highest BCUT2D eigenvalue weighted by Gasteiger charge is 2.32. The van der Waals surface area contributed by atoms with Gasteiger partial charge in [-0.3, -0.25) is 4.79 Å². The molecule has 1 aromatic carbocycles. The Hall–Kier alpha value is -1.79. The predicted octanol–water partition coefficient (Wildman–Crippen LogP) is 2.89. The SMILES string of the molecule is Cc1c(Cl)cccc1NC(=O)C[C@H]1COCCN1C(=O)N1CCCC1. The summed E-state index contributed by atoms with van der Waals surface area (Å²) in [6.07, 6.45) is 2.32. The minimum Gasteiger partial charge on any atom is -0.377 e. The number of hydrogen-bond donors (Lipinski definition) is 1. The van der Waals surface area contributed by atoms with Crippen molar-refractivity contribution in [3.8, 4) is 0 Å². The quantitative estimate of drug-likeness (QED) is 0.895. The van der Waals surface area contributed by atoms with Gasteiger partial charge in [0.25, 0.3) is 0 Å². The van der Waals surface area contributed by atoms with E-state index in [2.05, 4.69) is 5.32 Å². The van der Waals surface area contributed by atoms with Gasteiger partial charge >= 0.3 is 6.03 Å². The lowest BCUT2D eigenvalue weighted by Crippen LogP contribution is -2.54. The maximum Gasteiger partial charge on any atom is 0.320 e. The van der Waals surface area contributed by atoms with Gasteiger partial charge in [0.2, 0.25) is 5.91 Å². The lowest BCUT2D eigenvalue weighted by molar-refractivity contribution is -0.118. The molecule has 0 saturated carbocycles. The Morgan fingerprint density at radius 2 is 2.04 bits per heavy atom. The van der Waals surface area contributed by atoms with Crippen molar-refractivity contribution in [1.82, 2.24) is 9.80 Å². The van der Waals surface area contributed by atoms with Crippen LogP contribution in [0.2, 0.25) is 5.02 Å². The number of urea groups is 1. The summed E-state index contributed by atoms with van der Waals surface area (Å²) >= 11 is 6.10. The minimum atomic E-state index is -0.235. The number of carbonyl (C=O) groups excluding carboxylic acids is 2. The third-order valence-corrected chi connectivity index (χ3v) is 5.22. The average molecular weight is 366 g/mol. The highest BCUT2D eigenvalue weighted by molar-refractivity contribution is 6.31. The van der Waals surface area contributed by atoms with Gasteiger partial charge in [0.15, 0.2) is 0 Å². The smallest absolute Gasteiger partial charge is 0.320 e. The average Bonchev–Trinajstić information content (AvgIpc) is 3.13. The molecule has 1 N–H and O–H groups in total. The van der Waals surface area contributed by atoms with E-state index < -0.39 is 0 Å². The lowest BCUT2D eigenvalue weighted by atomic mass is 10.1. The fourth-order valence-electron chi connectivity index (χ4n) is 3.32. The summed E-state index contributed by atoms with van der Waals surface area (Å²) in [6.45, 7) is 4.91. The van der Waals surface area contributed by atoms with Crippen LogP contribution >= 0.6 is 11.6 Å². The van der Waals surface area contributed by atoms with Gasteiger partial charge in [-0.25, -0.2) is 4.79 Å². The summed E-state index contributed by atoms with van der Waals surface area (Å²) < 4.78 is 5.51. The van der Waals surface area contributed by atoms with Crippen molar-refractivity contribution in [3.05, 3.63) is 28.8 Å². The molecule has 0 spiro atoms. The van der Waals surface area contributed by atoms with E-state index in [0.717, 1.165) is 31.5 Å². The molecule has 3 rings (SSSR count). The zero-order valence-corrected chi connectivity index (χ0v) is 15.2. The molecule has 2 heterocycles. The Bertz CT molecular complexity index is 646. The van der Waals surface area contributed by atoms with Gasteiger partial charge in [-0.15, -0.1) is 0 Å². The second-order valence-electron chi connectivity index (χ2n) is 6.56. The van der Waals surface area contributed by atoms with Crippen LogP contribution in [-0.2, 0) is 9.53 Å². The maximum atomic E-state index is 12.7. The van der Waals surface area contributed by atoms with Gasteiger partial charge in [-0.1, -0.05) is 17.7 Å². The Balaban J connectivity index is 1.63. The number of halogens is 1. The van der Waals surface area contributed by atoms with Crippen molar-refractivity contribution in [1.29, 1.82) is 0 Å². The number of nitrogens with one attached hydrogen (secondary N) is 1. The molecule has 0 bridgehead atoms. The molecule has 6 nitrogen and oxygen atoms in total. The molecule has 2 aliphatic rings. The molecule has 1 atom stereocenters. The largest absolute Gasteiger partial charge is 0.377 e. The summed E-state index contributed by atoms with van der Waals surface area (Å²) in [7, 11) is 0. The normalized spacial score (nSPS) is 20.6. The molecule has 0 aliphatic carbocycles. The van der Waals surface area contributed by atoms with Crippen LogP contribution in [0.1, 0.15) is 24.8 Å². The molecule has 2 saturated heterocycles. The fraction of sp³-hybridized carbons (Fsp3) is 0.556. The molecule has 25 heavy (non-hydrogen) atoms. The van der Waals surface area contributed by atoms with E-state index in [1.165, 1.54) is 0 Å². The number of benzene rings is 1. The van der Waals surface area contributed by atoms with Crippen molar-refractivity contribution in [2.45, 2.75) is 32.2 Å². The Labute approximate surface area is 153 Å². The number of hydrogen-bond acceptors (Lipinski definition) is 3. The second-order valence-corrected chi connectivity index (χ2v) is 6.97. The van der Waals surface area contributed by atoms with Crippen LogP contribution in [-0.4, -0.2) is 60.6 Å². The van der Waals surface area contributed by atoms with Crippen molar-refractivity contribution in [2.75, 3.05) is 38.2 Å². The van der Waals surface area contributed by atoms with Crippen LogP contribution in [0.25, 0.3) is 0 Å².